The Hall–Kier alpha value is -4.15. The fraction of sp³-hybridized carbons (Fsp3) is 0.345. The first kappa shape index (κ1) is 25.1. The number of fused-ring (bicyclic) bond motifs is 1. The van der Waals surface area contributed by atoms with Gasteiger partial charge in [0.1, 0.15) is 17.7 Å². The van der Waals surface area contributed by atoms with Crippen molar-refractivity contribution in [2.24, 2.45) is 11.7 Å². The zero-order valence-electron chi connectivity index (χ0n) is 21.5. The third-order valence-corrected chi connectivity index (χ3v) is 7.04. The van der Waals surface area contributed by atoms with Gasteiger partial charge < -0.3 is 24.8 Å². The largest absolute Gasteiger partial charge is 0.480 e. The highest BCUT2D eigenvalue weighted by atomic mass is 16.6. The summed E-state index contributed by atoms with van der Waals surface area (Å²) in [6.45, 7) is 1.71. The monoisotopic (exact) mass is 529 g/mol. The lowest BCUT2D eigenvalue weighted by Gasteiger charge is -2.19. The predicted octanol–water partition coefficient (Wildman–Crippen LogP) is 3.66. The molecule has 0 spiro atoms. The zero-order valence-corrected chi connectivity index (χ0v) is 21.5. The third kappa shape index (κ3) is 5.97. The highest BCUT2D eigenvalue weighted by Crippen LogP contribution is 2.34. The molecule has 2 atom stereocenters. The molecular weight excluding hydrogens is 498 g/mol. The van der Waals surface area contributed by atoms with E-state index in [1.165, 1.54) is 4.90 Å². The number of amides is 2. The molecule has 0 bridgehead atoms. The Morgan fingerprint density at radius 2 is 1.92 bits per heavy atom. The number of nitrogens with zero attached hydrogens (tertiary/aromatic N) is 2. The minimum absolute atomic E-state index is 0.0448. The Kier molecular flexibility index (Phi) is 7.04. The number of pyridine rings is 1. The van der Waals surface area contributed by atoms with Gasteiger partial charge in [0.25, 0.3) is 5.91 Å². The van der Waals surface area contributed by atoms with Crippen LogP contribution in [0.4, 0.5) is 16.4 Å². The molecule has 2 amide bonds. The van der Waals surface area contributed by atoms with Gasteiger partial charge in [-0.1, -0.05) is 30.3 Å². The number of hydrogen-bond donors (Lipinski definition) is 3. The van der Waals surface area contributed by atoms with Gasteiger partial charge in [-0.05, 0) is 72.8 Å². The summed E-state index contributed by atoms with van der Waals surface area (Å²) >= 11 is 0. The fourth-order valence-electron chi connectivity index (χ4n) is 4.75. The molecule has 6 rings (SSSR count). The molecule has 1 aromatic heterocycles. The number of benzene rings is 2. The SMILES string of the molecule is NC(Oc1cccc(-c2cccc(CNCCC3CN(c4ccc5c(n4)NC(=O)CO5)C(=O)O3)c2)c1)C1CC1. The molecule has 3 aliphatic rings. The zero-order chi connectivity index (χ0) is 26.8. The Labute approximate surface area is 226 Å². The van der Waals surface area contributed by atoms with E-state index in [2.05, 4.69) is 39.9 Å². The standard InChI is InChI=1S/C29H31N5O5/c30-27(19-7-8-19)38-22-6-2-5-21(14-22)20-4-1-3-18(13-20)15-31-12-11-23-16-34(29(36)39-23)25-10-9-24-28(32-25)33-26(35)17-37-24/h1-6,9-10,13-14,19,23,27,31H,7-8,11-12,15-17,30H2,(H,32,33,35). The van der Waals surface area contributed by atoms with Gasteiger partial charge >= 0.3 is 6.09 Å². The van der Waals surface area contributed by atoms with Crippen LogP contribution in [0.25, 0.3) is 11.1 Å². The summed E-state index contributed by atoms with van der Waals surface area (Å²) < 4.78 is 16.8. The number of nitrogens with two attached hydrogens (primary N) is 1. The molecule has 2 unspecified atom stereocenters. The van der Waals surface area contributed by atoms with Crippen LogP contribution in [0.2, 0.25) is 0 Å². The Bertz CT molecular complexity index is 1380. The van der Waals surface area contributed by atoms with E-state index >= 15 is 0 Å². The van der Waals surface area contributed by atoms with Crippen molar-refractivity contribution in [3.8, 4) is 22.6 Å². The van der Waals surface area contributed by atoms with E-state index in [1.807, 2.05) is 24.3 Å². The van der Waals surface area contributed by atoms with Crippen LogP contribution in [-0.4, -0.2) is 49.0 Å². The van der Waals surface area contributed by atoms with Crippen molar-refractivity contribution in [2.45, 2.75) is 38.1 Å². The summed E-state index contributed by atoms with van der Waals surface area (Å²) in [6, 6.07) is 19.8. The third-order valence-electron chi connectivity index (χ3n) is 7.04. The molecule has 3 aromatic rings. The fourth-order valence-corrected chi connectivity index (χ4v) is 4.75. The second kappa shape index (κ2) is 10.9. The Morgan fingerprint density at radius 1 is 1.10 bits per heavy atom. The first-order chi connectivity index (χ1) is 19.0. The Balaban J connectivity index is 1.000. The summed E-state index contributed by atoms with van der Waals surface area (Å²) in [5.41, 5.74) is 9.47. The van der Waals surface area contributed by atoms with Gasteiger partial charge in [0.15, 0.2) is 24.4 Å². The summed E-state index contributed by atoms with van der Waals surface area (Å²) in [7, 11) is 0. The number of carbonyl (C=O) groups is 2. The summed E-state index contributed by atoms with van der Waals surface area (Å²) in [5.74, 6) is 2.19. The molecule has 2 fully saturated rings. The van der Waals surface area contributed by atoms with Gasteiger partial charge in [0.05, 0.1) is 6.54 Å². The molecule has 1 saturated heterocycles. The van der Waals surface area contributed by atoms with Crippen molar-refractivity contribution >= 4 is 23.6 Å². The van der Waals surface area contributed by atoms with Gasteiger partial charge in [-0.3, -0.25) is 15.4 Å². The number of anilines is 2. The second-order valence-corrected chi connectivity index (χ2v) is 10.1. The van der Waals surface area contributed by atoms with Crippen molar-refractivity contribution in [3.63, 3.8) is 0 Å². The summed E-state index contributed by atoms with van der Waals surface area (Å²) in [4.78, 5) is 29.9. The van der Waals surface area contributed by atoms with Crippen LogP contribution in [0.3, 0.4) is 0 Å². The first-order valence-corrected chi connectivity index (χ1v) is 13.3. The van der Waals surface area contributed by atoms with E-state index in [4.69, 9.17) is 19.9 Å². The van der Waals surface area contributed by atoms with Crippen molar-refractivity contribution in [1.29, 1.82) is 0 Å². The number of cyclic esters (lactones) is 1. The molecule has 4 N–H and O–H groups in total. The molecule has 1 aliphatic carbocycles. The maximum Gasteiger partial charge on any atom is 0.415 e. The van der Waals surface area contributed by atoms with Gasteiger partial charge in [0.2, 0.25) is 0 Å². The van der Waals surface area contributed by atoms with E-state index < -0.39 is 6.09 Å². The minimum atomic E-state index is -0.451. The highest BCUT2D eigenvalue weighted by molar-refractivity contribution is 5.95. The summed E-state index contributed by atoms with van der Waals surface area (Å²) in [5, 5.41) is 6.11. The molecule has 39 heavy (non-hydrogen) atoms. The number of rotatable bonds is 10. The number of carbonyl (C=O) groups excluding carboxylic acids is 2. The number of aromatic nitrogens is 1. The van der Waals surface area contributed by atoms with Crippen LogP contribution in [0.1, 0.15) is 24.8 Å². The number of ether oxygens (including phenoxy) is 3. The average Bonchev–Trinajstić information content (AvgIpc) is 3.73. The molecule has 202 valence electrons. The maximum absolute atomic E-state index is 12.5. The number of hydrogen-bond acceptors (Lipinski definition) is 8. The lowest BCUT2D eigenvalue weighted by molar-refractivity contribution is -0.118. The van der Waals surface area contributed by atoms with Crippen molar-refractivity contribution in [1.82, 2.24) is 10.3 Å². The molecule has 1 saturated carbocycles. The van der Waals surface area contributed by atoms with Gasteiger partial charge in [-0.2, -0.15) is 0 Å². The van der Waals surface area contributed by atoms with Crippen LogP contribution in [0, 0.1) is 5.92 Å². The smallest absolute Gasteiger partial charge is 0.415 e. The summed E-state index contributed by atoms with van der Waals surface area (Å²) in [6.07, 6.45) is 1.98. The quantitative estimate of drug-likeness (QED) is 0.268. The first-order valence-electron chi connectivity index (χ1n) is 13.3. The van der Waals surface area contributed by atoms with Crippen molar-refractivity contribution in [2.75, 3.05) is 29.9 Å². The van der Waals surface area contributed by atoms with E-state index in [0.717, 1.165) is 35.3 Å². The minimum Gasteiger partial charge on any atom is -0.480 e. The topological polar surface area (TPSA) is 128 Å². The van der Waals surface area contributed by atoms with Crippen molar-refractivity contribution < 1.29 is 23.8 Å². The Morgan fingerprint density at radius 3 is 2.77 bits per heavy atom. The molecule has 0 radical (unpaired) electrons. The molecule has 10 nitrogen and oxygen atoms in total. The number of nitrogens with one attached hydrogen (secondary N) is 2. The van der Waals surface area contributed by atoms with Crippen LogP contribution in [0.15, 0.2) is 60.7 Å². The van der Waals surface area contributed by atoms with Crippen LogP contribution >= 0.6 is 0 Å². The van der Waals surface area contributed by atoms with E-state index in [9.17, 15) is 9.59 Å². The lowest BCUT2D eigenvalue weighted by Crippen LogP contribution is -2.29. The average molecular weight is 530 g/mol. The molecule has 2 aliphatic heterocycles. The van der Waals surface area contributed by atoms with Crippen molar-refractivity contribution in [3.05, 3.63) is 66.2 Å². The molecule has 10 heteroatoms. The van der Waals surface area contributed by atoms with Crippen LogP contribution in [0.5, 0.6) is 11.5 Å². The lowest BCUT2D eigenvalue weighted by atomic mass is 10.0. The second-order valence-electron chi connectivity index (χ2n) is 10.1. The predicted molar refractivity (Wildman–Crippen MR) is 146 cm³/mol. The van der Waals surface area contributed by atoms with E-state index in [-0.39, 0.29) is 24.8 Å². The normalized spacial score (nSPS) is 19.1. The van der Waals surface area contributed by atoms with Gasteiger partial charge in [-0.15, -0.1) is 0 Å². The van der Waals surface area contributed by atoms with Gasteiger partial charge in [-0.25, -0.2) is 9.78 Å². The molecule has 3 heterocycles. The maximum atomic E-state index is 12.5. The molecule has 2 aromatic carbocycles. The van der Waals surface area contributed by atoms with E-state index in [1.54, 1.807) is 12.1 Å². The van der Waals surface area contributed by atoms with Gasteiger partial charge in [0, 0.05) is 12.5 Å². The van der Waals surface area contributed by atoms with E-state index in [0.29, 0.717) is 49.4 Å². The highest BCUT2D eigenvalue weighted by Gasteiger charge is 2.34. The molecular formula is C29H31N5O5. The van der Waals surface area contributed by atoms with Crippen LogP contribution in [-0.2, 0) is 16.1 Å². The van der Waals surface area contributed by atoms with Crippen LogP contribution < -0.4 is 30.7 Å².